The van der Waals surface area contributed by atoms with Crippen molar-refractivity contribution in [2.45, 2.75) is 131 Å². The maximum absolute atomic E-state index is 14.5. The van der Waals surface area contributed by atoms with Gasteiger partial charge in [-0.15, -0.1) is 0 Å². The first-order valence-electron chi connectivity index (χ1n) is 38.2. The molecule has 5 N–H and O–H groups in total. The summed E-state index contributed by atoms with van der Waals surface area (Å²) in [6.07, 6.45) is 8.23. The number of rotatable bonds is 23. The van der Waals surface area contributed by atoms with Crippen LogP contribution in [-0.4, -0.2) is 158 Å². The first kappa shape index (κ1) is 76.5. The van der Waals surface area contributed by atoms with Crippen LogP contribution in [0.5, 0.6) is 11.5 Å². The molecule has 0 atom stereocenters. The highest BCUT2D eigenvalue weighted by Crippen LogP contribution is 2.48. The summed E-state index contributed by atoms with van der Waals surface area (Å²) in [7, 11) is 2.95. The number of amides is 5. The van der Waals surface area contributed by atoms with Crippen molar-refractivity contribution >= 4 is 86.5 Å². The molecule has 5 amide bonds. The van der Waals surface area contributed by atoms with Gasteiger partial charge in [-0.2, -0.15) is 0 Å². The highest BCUT2D eigenvalue weighted by atomic mass is 16.5. The van der Waals surface area contributed by atoms with E-state index >= 15 is 0 Å². The van der Waals surface area contributed by atoms with E-state index in [-0.39, 0.29) is 76.5 Å². The zero-order chi connectivity index (χ0) is 78.0. The molecule has 0 spiro atoms. The van der Waals surface area contributed by atoms with Crippen LogP contribution in [0.15, 0.2) is 138 Å². The number of methoxy groups -OCH3 is 1. The average Bonchev–Trinajstić information content (AvgIpc) is 0.721. The Balaban J connectivity index is 0.751. The second kappa shape index (κ2) is 31.9. The van der Waals surface area contributed by atoms with Crippen molar-refractivity contribution in [2.24, 2.45) is 0 Å². The van der Waals surface area contributed by atoms with E-state index in [4.69, 9.17) is 13.9 Å². The van der Waals surface area contributed by atoms with Gasteiger partial charge in [0.05, 0.1) is 49.0 Å². The molecule has 22 nitrogen and oxygen atoms in total. The molecule has 110 heavy (non-hydrogen) atoms. The lowest BCUT2D eigenvalue weighted by molar-refractivity contribution is -0.141. The number of anilines is 2. The van der Waals surface area contributed by atoms with Crippen LogP contribution in [0.1, 0.15) is 182 Å². The number of esters is 1. The number of nitrogens with one attached hydrogen (secondary N) is 3. The molecular formula is C88H97N9O13+2. The molecule has 6 aliphatic heterocycles. The fourth-order valence-corrected chi connectivity index (χ4v) is 16.6. The molecule has 22 heteroatoms. The van der Waals surface area contributed by atoms with Crippen LogP contribution in [0.2, 0.25) is 0 Å². The number of likely N-dealkylation sites (N-methyl/N-ethyl adjacent to an activating group) is 2. The van der Waals surface area contributed by atoms with E-state index in [2.05, 4.69) is 127 Å². The topological polar surface area (TPSA) is 264 Å². The fraction of sp³-hybridized carbons (Fsp3) is 0.364. The van der Waals surface area contributed by atoms with Gasteiger partial charge in [-0.05, 0) is 173 Å². The molecule has 6 aromatic carbocycles. The van der Waals surface area contributed by atoms with Crippen LogP contribution in [0.3, 0.4) is 0 Å². The van der Waals surface area contributed by atoms with E-state index in [0.717, 1.165) is 68.6 Å². The van der Waals surface area contributed by atoms with E-state index in [1.807, 2.05) is 70.5 Å². The fourth-order valence-electron chi connectivity index (χ4n) is 16.6. The molecule has 0 aromatic heterocycles. The van der Waals surface area contributed by atoms with Crippen molar-refractivity contribution in [3.63, 3.8) is 0 Å². The van der Waals surface area contributed by atoms with Gasteiger partial charge in [0.25, 0.3) is 11.8 Å². The van der Waals surface area contributed by atoms with Crippen LogP contribution >= 0.6 is 0 Å². The number of carboxylic acids is 2. The number of nitrogens with zero attached hydrogens (tertiary/aromatic N) is 6. The van der Waals surface area contributed by atoms with Gasteiger partial charge in [-0.3, -0.25) is 28.8 Å². The quantitative estimate of drug-likeness (QED) is 0.0173. The monoisotopic (exact) mass is 1490 g/mol. The standard InChI is InChI=1S/C88H95N9O13/c1-11-96-71-47-75-69(45-65(71)53(3)49-87(96,5)6)82(70-46-66-54(4)50-88(7,8)97(12-2)72(66)48-76(70)110-75)68-42-58(26-30-62(68)86(106)107)84(103)91-52-56-23-21-55(22-24-56)51-90-83(102)57-25-29-61(85(104)105)67(41-57)81-63-31-27-59(92-33-37-94(38-34-92)78(99)18-14-13-17-77(98)89-9)43-73(63)109-74-44-60(28-32-64(74)81)93-35-39-95(40-36-93)79(100)19-15-16-20-80(101)108-10/h21-32,41-50H,11-20,33-40,51-52H2,1-10H3,(H3-2,89,90,91,98,102,103,104,105,106,107)/p+2. The molecule has 0 bridgehead atoms. The summed E-state index contributed by atoms with van der Waals surface area (Å²) < 4.78 is 23.1. The second-order valence-corrected chi connectivity index (χ2v) is 30.2. The van der Waals surface area contributed by atoms with Crippen molar-refractivity contribution in [2.75, 3.05) is 89.4 Å². The third-order valence-corrected chi connectivity index (χ3v) is 22.3. The van der Waals surface area contributed by atoms with Gasteiger partial charge in [-0.25, -0.2) is 18.7 Å². The van der Waals surface area contributed by atoms with Crippen molar-refractivity contribution in [1.29, 1.82) is 0 Å². The number of hydrogen-bond donors (Lipinski definition) is 5. The molecule has 6 heterocycles. The summed E-state index contributed by atoms with van der Waals surface area (Å²) in [6.45, 7) is 23.1. The number of carbonyl (C=O) groups is 8. The summed E-state index contributed by atoms with van der Waals surface area (Å²) in [5.74, 6) is -1.84. The Hall–Kier alpha value is -11.7. The first-order chi connectivity index (χ1) is 52.8. The lowest BCUT2D eigenvalue weighted by Gasteiger charge is -2.43. The Kier molecular flexibility index (Phi) is 22.2. The van der Waals surface area contributed by atoms with Crippen molar-refractivity contribution in [1.82, 2.24) is 34.9 Å². The Bertz CT molecular complexity index is 5320. The lowest BCUT2D eigenvalue weighted by Crippen LogP contribution is -2.50. The number of hydrogen-bond acceptors (Lipinski definition) is 13. The highest BCUT2D eigenvalue weighted by molar-refractivity contribution is 6.10. The third kappa shape index (κ3) is 15.7. The number of ether oxygens (including phenoxy) is 2. The number of fused-ring (bicyclic) bond motifs is 6. The first-order valence-corrected chi connectivity index (χ1v) is 38.2. The SMILES string of the molecule is CCN1c2cc3c(cc2C(C)=CC1(C)C)C(c1cc(C(=O)NCc2ccc(CNC(=O)c4ccc(C(=O)O)c(-c5c6ccc(=[N+]7CCN(C(=O)CCCCC(=O)OC)CC7)cc-6oc6cc(N7CCN(C(=O)CCCCC(=O)NC)CC7)ccc56)c4)cc2)ccc1C(=O)O)=c1cc2c(cc1O3)=[N+](CC)C(C)(C)C=C2C. The van der Waals surface area contributed by atoms with Gasteiger partial charge in [0, 0.05) is 177 Å². The second-order valence-electron chi connectivity index (χ2n) is 30.2. The van der Waals surface area contributed by atoms with E-state index in [1.54, 1.807) is 25.2 Å². The van der Waals surface area contributed by atoms with Crippen LogP contribution in [0.4, 0.5) is 11.4 Å². The van der Waals surface area contributed by atoms with Gasteiger partial charge in [0.1, 0.15) is 29.4 Å². The minimum absolute atomic E-state index is 0.0290. The summed E-state index contributed by atoms with van der Waals surface area (Å²) in [6, 6.07) is 36.7. The third-order valence-electron chi connectivity index (χ3n) is 22.3. The van der Waals surface area contributed by atoms with E-state index in [0.29, 0.717) is 164 Å². The maximum atomic E-state index is 14.5. The Morgan fingerprint density at radius 2 is 1.18 bits per heavy atom. The number of unbranched alkanes of at least 4 members (excludes halogenated alkanes) is 2. The van der Waals surface area contributed by atoms with Crippen LogP contribution < -0.4 is 55.6 Å². The Morgan fingerprint density at radius 1 is 0.582 bits per heavy atom. The predicted molar refractivity (Wildman–Crippen MR) is 425 cm³/mol. The molecule has 0 unspecified atom stereocenters. The largest absolute Gasteiger partial charge is 0.478 e. The molecule has 2 fully saturated rings. The molecule has 1 aliphatic carbocycles. The molecule has 0 radical (unpaired) electrons. The summed E-state index contributed by atoms with van der Waals surface area (Å²) in [5.41, 5.74) is 11.1. The van der Waals surface area contributed by atoms with E-state index in [1.165, 1.54) is 25.3 Å². The zero-order valence-corrected chi connectivity index (χ0v) is 64.4. The Labute approximate surface area is 640 Å². The number of carbonyl (C=O) groups excluding carboxylic acids is 6. The molecule has 6 aromatic rings. The van der Waals surface area contributed by atoms with Gasteiger partial charge in [-0.1, -0.05) is 30.3 Å². The molecule has 7 aliphatic rings. The predicted octanol–water partition coefficient (Wildman–Crippen LogP) is 10.8. The molecular weight excluding hydrogens is 1390 g/mol. The van der Waals surface area contributed by atoms with Crippen LogP contribution in [0.25, 0.3) is 50.1 Å². The lowest BCUT2D eigenvalue weighted by atomic mass is 9.83. The zero-order valence-electron chi connectivity index (χ0n) is 64.4. The van der Waals surface area contributed by atoms with Crippen LogP contribution in [-0.2, 0) is 37.0 Å². The number of carboxylic acid groups (broad SMARTS) is 2. The molecule has 13 rings (SSSR count). The number of piperazine rings is 2. The maximum Gasteiger partial charge on any atom is 0.336 e. The molecule has 0 saturated carbocycles. The van der Waals surface area contributed by atoms with Gasteiger partial charge < -0.3 is 59.7 Å². The minimum atomic E-state index is -1.20. The van der Waals surface area contributed by atoms with Gasteiger partial charge in [0.2, 0.25) is 28.4 Å². The summed E-state index contributed by atoms with van der Waals surface area (Å²) >= 11 is 0. The summed E-state index contributed by atoms with van der Waals surface area (Å²) in [4.78, 5) is 114. The Morgan fingerprint density at radius 3 is 1.79 bits per heavy atom. The van der Waals surface area contributed by atoms with E-state index < -0.39 is 23.8 Å². The molecule has 570 valence electrons. The number of benzene rings is 7. The minimum Gasteiger partial charge on any atom is -0.478 e. The van der Waals surface area contributed by atoms with E-state index in [9.17, 15) is 48.6 Å². The number of aromatic carboxylic acids is 2. The van der Waals surface area contributed by atoms with Crippen molar-refractivity contribution in [3.8, 4) is 33.9 Å². The average molecular weight is 1490 g/mol. The number of allylic oxidation sites excluding steroid dienone is 2. The molecule has 2 saturated heterocycles. The van der Waals surface area contributed by atoms with Crippen molar-refractivity contribution in [3.05, 3.63) is 205 Å². The van der Waals surface area contributed by atoms with Crippen LogP contribution in [0, 0.1) is 0 Å². The normalized spacial score (nSPS) is 15.5. The smallest absolute Gasteiger partial charge is 0.336 e. The van der Waals surface area contributed by atoms with Gasteiger partial charge >= 0.3 is 17.9 Å². The summed E-state index contributed by atoms with van der Waals surface area (Å²) in [5, 5.41) is 33.8. The highest BCUT2D eigenvalue weighted by Gasteiger charge is 2.38. The van der Waals surface area contributed by atoms with Gasteiger partial charge in [0.15, 0.2) is 18.6 Å². The van der Waals surface area contributed by atoms with Crippen molar-refractivity contribution < 1.29 is 62.5 Å².